The van der Waals surface area contributed by atoms with Crippen LogP contribution in [0.5, 0.6) is 0 Å². The molecule has 4 rings (SSSR count). The van der Waals surface area contributed by atoms with Gasteiger partial charge in [-0.25, -0.2) is 4.58 Å². The summed E-state index contributed by atoms with van der Waals surface area (Å²) in [6.07, 6.45) is 6.08. The highest BCUT2D eigenvalue weighted by Gasteiger charge is 2.32. The van der Waals surface area contributed by atoms with E-state index in [1.807, 2.05) is 60.7 Å². The molecule has 2 aromatic carbocycles. The lowest BCUT2D eigenvalue weighted by molar-refractivity contribution is -0.587. The van der Waals surface area contributed by atoms with Gasteiger partial charge in [-0.1, -0.05) is 66.7 Å². The van der Waals surface area contributed by atoms with Gasteiger partial charge in [0.25, 0.3) is 0 Å². The van der Waals surface area contributed by atoms with Crippen molar-refractivity contribution in [2.45, 2.75) is 12.8 Å². The molecule has 0 saturated carbocycles. The van der Waals surface area contributed by atoms with Crippen LogP contribution in [0.3, 0.4) is 0 Å². The van der Waals surface area contributed by atoms with Crippen molar-refractivity contribution in [3.05, 3.63) is 107 Å². The molecule has 0 amide bonds. The number of ether oxygens (including phenoxy) is 1. The second-order valence-corrected chi connectivity index (χ2v) is 7.68. The molecule has 0 fully saturated rings. The number of hydrogen-bond acceptors (Lipinski definition) is 4. The largest absolute Gasteiger partial charge is 0.823 e. The normalized spacial score (nSPS) is 17.8. The number of nitrogens with zero attached hydrogens (tertiary/aromatic N) is 1. The van der Waals surface area contributed by atoms with E-state index in [0.717, 1.165) is 11.3 Å². The van der Waals surface area contributed by atoms with Crippen molar-refractivity contribution in [2.75, 3.05) is 13.7 Å². The molecule has 1 heterocycles. The van der Waals surface area contributed by atoms with Gasteiger partial charge < -0.3 is 9.84 Å². The van der Waals surface area contributed by atoms with Crippen LogP contribution in [0.25, 0.3) is 0 Å². The molecule has 2 aliphatic rings. The second-order valence-electron chi connectivity index (χ2n) is 7.68. The molecule has 2 aromatic rings. The van der Waals surface area contributed by atoms with Crippen molar-refractivity contribution in [1.82, 2.24) is 0 Å². The fourth-order valence-corrected chi connectivity index (χ4v) is 3.90. The third kappa shape index (κ3) is 4.56. The number of benzene rings is 2. The first-order valence-corrected chi connectivity index (χ1v) is 10.2. The molecule has 5 heteroatoms. The molecule has 1 aliphatic heterocycles. The average molecular weight is 413 g/mol. The van der Waals surface area contributed by atoms with Gasteiger partial charge >= 0.3 is 5.97 Å². The predicted octanol–water partition coefficient (Wildman–Crippen LogP) is 2.83. The molecule has 0 bridgehead atoms. The van der Waals surface area contributed by atoms with Crippen molar-refractivity contribution >= 4 is 17.5 Å². The van der Waals surface area contributed by atoms with Crippen LogP contribution in [0.15, 0.2) is 95.9 Å². The maximum absolute atomic E-state index is 12.8. The standard InChI is InChI=1S/C26H23NO4/c1-27-23-13-12-20(25(29)19-10-6-3-7-11-19)15-21(23)16-22(26(27)30)17-31-24(28)14-18-8-4-2-5-9-18/h2-13,15,21H,14,16-17H2,1H3. The highest BCUT2D eigenvalue weighted by molar-refractivity contribution is 6.13. The minimum atomic E-state index is -0.372. The highest BCUT2D eigenvalue weighted by Crippen LogP contribution is 2.28. The zero-order valence-electron chi connectivity index (χ0n) is 17.3. The summed E-state index contributed by atoms with van der Waals surface area (Å²) in [6.45, 7) is -0.0435. The lowest BCUT2D eigenvalue weighted by Crippen LogP contribution is -2.36. The number of rotatable bonds is 6. The van der Waals surface area contributed by atoms with Crippen LogP contribution in [-0.4, -0.2) is 35.7 Å². The zero-order valence-corrected chi connectivity index (χ0v) is 17.3. The maximum atomic E-state index is 12.8. The number of carbonyl (C=O) groups excluding carboxylic acids is 2. The highest BCUT2D eigenvalue weighted by atomic mass is 16.5. The maximum Gasteiger partial charge on any atom is 0.310 e. The number of carbonyl (C=O) groups is 2. The van der Waals surface area contributed by atoms with E-state index >= 15 is 0 Å². The number of Topliss-reactive ketones (excluding diaryl/α,β-unsaturated/α-hetero) is 1. The smallest absolute Gasteiger partial charge is 0.310 e. The monoisotopic (exact) mass is 413 g/mol. The Hall–Kier alpha value is -3.73. The summed E-state index contributed by atoms with van der Waals surface area (Å²) in [5, 5.41) is 12.7. The summed E-state index contributed by atoms with van der Waals surface area (Å²) in [4.78, 5) is 25.0. The molecule has 0 spiro atoms. The van der Waals surface area contributed by atoms with Crippen LogP contribution in [0.1, 0.15) is 22.3 Å². The molecular formula is C26H23NO4. The summed E-state index contributed by atoms with van der Waals surface area (Å²) in [5.74, 6) is -0.693. The van der Waals surface area contributed by atoms with Crippen LogP contribution in [-0.2, 0) is 16.0 Å². The number of fused-ring (bicyclic) bond motifs is 1. The van der Waals surface area contributed by atoms with Crippen molar-refractivity contribution in [3.8, 4) is 0 Å². The summed E-state index contributed by atoms with van der Waals surface area (Å²) in [7, 11) is 1.71. The molecule has 1 aliphatic carbocycles. The van der Waals surface area contributed by atoms with Gasteiger partial charge in [0.15, 0.2) is 11.5 Å². The van der Waals surface area contributed by atoms with E-state index in [1.54, 1.807) is 29.8 Å². The fourth-order valence-electron chi connectivity index (χ4n) is 3.90. The van der Waals surface area contributed by atoms with Gasteiger partial charge in [-0.05, 0) is 18.1 Å². The Kier molecular flexibility index (Phi) is 5.94. The molecule has 156 valence electrons. The van der Waals surface area contributed by atoms with E-state index in [2.05, 4.69) is 0 Å². The van der Waals surface area contributed by atoms with E-state index in [0.29, 0.717) is 23.1 Å². The van der Waals surface area contributed by atoms with Crippen LogP contribution in [0.4, 0.5) is 0 Å². The Labute approximate surface area is 181 Å². The van der Waals surface area contributed by atoms with Gasteiger partial charge in [-0.2, -0.15) is 0 Å². The molecule has 1 atom stereocenters. The summed E-state index contributed by atoms with van der Waals surface area (Å²) in [5.41, 5.74) is 3.46. The lowest BCUT2D eigenvalue weighted by atomic mass is 9.84. The van der Waals surface area contributed by atoms with E-state index in [4.69, 9.17) is 4.74 Å². The van der Waals surface area contributed by atoms with Crippen LogP contribution >= 0.6 is 0 Å². The van der Waals surface area contributed by atoms with Gasteiger partial charge in [-0.3, -0.25) is 9.59 Å². The molecule has 0 radical (unpaired) electrons. The van der Waals surface area contributed by atoms with Crippen molar-refractivity contribution in [3.63, 3.8) is 0 Å². The van der Waals surface area contributed by atoms with Crippen molar-refractivity contribution in [1.29, 1.82) is 0 Å². The molecule has 5 nitrogen and oxygen atoms in total. The van der Waals surface area contributed by atoms with Crippen molar-refractivity contribution < 1.29 is 24.0 Å². The van der Waals surface area contributed by atoms with Crippen LogP contribution in [0.2, 0.25) is 0 Å². The van der Waals surface area contributed by atoms with Gasteiger partial charge in [0.05, 0.1) is 12.3 Å². The summed E-state index contributed by atoms with van der Waals surface area (Å²) >= 11 is 0. The lowest BCUT2D eigenvalue weighted by Gasteiger charge is -2.27. The number of hydrogen-bond donors (Lipinski definition) is 0. The number of allylic oxidation sites excluding steroid dienone is 4. The minimum Gasteiger partial charge on any atom is -0.823 e. The topological polar surface area (TPSA) is 69.4 Å². The van der Waals surface area contributed by atoms with E-state index < -0.39 is 0 Å². The Morgan fingerprint density at radius 1 is 1.03 bits per heavy atom. The van der Waals surface area contributed by atoms with Crippen LogP contribution in [0, 0.1) is 5.92 Å². The van der Waals surface area contributed by atoms with Gasteiger partial charge in [0.1, 0.15) is 19.5 Å². The first-order valence-electron chi connectivity index (χ1n) is 10.2. The van der Waals surface area contributed by atoms with Crippen LogP contribution < -0.4 is 5.11 Å². The van der Waals surface area contributed by atoms with E-state index in [-0.39, 0.29) is 36.6 Å². The number of esters is 1. The Balaban J connectivity index is 1.47. The first kappa shape index (κ1) is 20.5. The van der Waals surface area contributed by atoms with Gasteiger partial charge in [0.2, 0.25) is 0 Å². The summed E-state index contributed by atoms with van der Waals surface area (Å²) in [6, 6.07) is 18.5. The summed E-state index contributed by atoms with van der Waals surface area (Å²) < 4.78 is 6.96. The minimum absolute atomic E-state index is 0.0435. The third-order valence-electron chi connectivity index (χ3n) is 5.55. The Bertz CT molecular complexity index is 1120. The average Bonchev–Trinajstić information content (AvgIpc) is 2.81. The van der Waals surface area contributed by atoms with Gasteiger partial charge in [-0.15, -0.1) is 0 Å². The number of ketones is 1. The molecule has 0 N–H and O–H groups in total. The van der Waals surface area contributed by atoms with E-state index in [9.17, 15) is 14.7 Å². The molecule has 0 saturated heterocycles. The Morgan fingerprint density at radius 3 is 2.42 bits per heavy atom. The second kappa shape index (κ2) is 8.96. The SMILES string of the molecule is C[N+]1=C2C=CC(C(=O)c3ccccc3)=CC2CC(COC(=O)Cc2ccccc2)=C1[O-]. The quantitative estimate of drug-likeness (QED) is 0.415. The van der Waals surface area contributed by atoms with Crippen molar-refractivity contribution in [2.24, 2.45) is 5.92 Å². The third-order valence-corrected chi connectivity index (χ3v) is 5.55. The first-order chi connectivity index (χ1) is 15.0. The van der Waals surface area contributed by atoms with Gasteiger partial charge in [0, 0.05) is 22.8 Å². The predicted molar refractivity (Wildman–Crippen MR) is 115 cm³/mol. The fraction of sp³-hybridized carbons (Fsp3) is 0.192. The van der Waals surface area contributed by atoms with E-state index in [1.165, 1.54) is 0 Å². The Morgan fingerprint density at radius 2 is 1.71 bits per heavy atom. The molecule has 0 aromatic heterocycles. The molecule has 31 heavy (non-hydrogen) atoms. The molecular weight excluding hydrogens is 390 g/mol. The zero-order chi connectivity index (χ0) is 21.8. The molecule has 1 unspecified atom stereocenters.